The Morgan fingerprint density at radius 1 is 1.07 bits per heavy atom. The molecule has 0 bridgehead atoms. The zero-order valence-corrected chi connectivity index (χ0v) is 15.8. The first-order chi connectivity index (χ1) is 13.0. The summed E-state index contributed by atoms with van der Waals surface area (Å²) in [6.45, 7) is 0. The van der Waals surface area contributed by atoms with E-state index in [0.717, 1.165) is 16.5 Å². The number of aryl methyl sites for hydroxylation is 1. The highest BCUT2D eigenvalue weighted by molar-refractivity contribution is 7.80. The first kappa shape index (κ1) is 17.5. The van der Waals surface area contributed by atoms with Crippen LogP contribution in [-0.2, 0) is 16.6 Å². The summed E-state index contributed by atoms with van der Waals surface area (Å²) in [4.78, 5) is 26.8. The molecule has 0 atom stereocenters. The number of carbonyl (C=O) groups excluding carboxylic acids is 2. The van der Waals surface area contributed by atoms with Gasteiger partial charge in [-0.15, -0.1) is 0 Å². The van der Waals surface area contributed by atoms with Crippen LogP contribution >= 0.6 is 23.8 Å². The third kappa shape index (κ3) is 3.03. The van der Waals surface area contributed by atoms with Gasteiger partial charge in [-0.1, -0.05) is 29.8 Å². The summed E-state index contributed by atoms with van der Waals surface area (Å²) in [5.74, 6) is -0.984. The van der Waals surface area contributed by atoms with Gasteiger partial charge in [0.15, 0.2) is 5.11 Å². The number of rotatable bonds is 2. The van der Waals surface area contributed by atoms with E-state index < -0.39 is 11.8 Å². The third-order valence-corrected chi connectivity index (χ3v) is 4.95. The lowest BCUT2D eigenvalue weighted by atomic mass is 10.1. The molecule has 1 aromatic heterocycles. The number of anilines is 1. The number of aromatic nitrogens is 1. The Morgan fingerprint density at radius 2 is 1.78 bits per heavy atom. The summed E-state index contributed by atoms with van der Waals surface area (Å²) < 4.78 is 1.95. The summed E-state index contributed by atoms with van der Waals surface area (Å²) in [7, 11) is 1.92. The first-order valence-corrected chi connectivity index (χ1v) is 8.95. The second-order valence-corrected chi connectivity index (χ2v) is 6.97. The molecular weight excluding hydrogens is 382 g/mol. The van der Waals surface area contributed by atoms with E-state index >= 15 is 0 Å². The van der Waals surface area contributed by atoms with Crippen molar-refractivity contribution in [1.82, 2.24) is 9.88 Å². The number of halogens is 1. The van der Waals surface area contributed by atoms with E-state index in [1.165, 1.54) is 4.90 Å². The fourth-order valence-corrected chi connectivity index (χ4v) is 3.53. The molecule has 0 unspecified atom stereocenters. The third-order valence-electron chi connectivity index (χ3n) is 4.41. The molecule has 27 heavy (non-hydrogen) atoms. The Balaban J connectivity index is 1.80. The average molecular weight is 396 g/mol. The van der Waals surface area contributed by atoms with Gasteiger partial charge in [0.25, 0.3) is 11.8 Å². The Kier molecular flexibility index (Phi) is 4.30. The summed E-state index contributed by atoms with van der Waals surface area (Å²) in [6, 6.07) is 14.5. The number of benzene rings is 2. The minimum Gasteiger partial charge on any atom is -0.350 e. The standard InChI is InChI=1S/C20H14ClN3O2S/c1-23-11-12(15-4-2-3-5-17(15)23)10-16-18(25)22-20(27)24(19(16)26)14-8-6-13(21)7-9-14/h2-11H,1H3,(H,22,25,27). The normalized spacial score (nSPS) is 16.3. The van der Waals surface area contributed by atoms with E-state index in [9.17, 15) is 9.59 Å². The van der Waals surface area contributed by atoms with Crippen LogP contribution in [0.15, 0.2) is 60.3 Å². The van der Waals surface area contributed by atoms with Crippen LogP contribution in [0.5, 0.6) is 0 Å². The van der Waals surface area contributed by atoms with Gasteiger partial charge in [0.2, 0.25) is 0 Å². The minimum atomic E-state index is -0.511. The number of hydrogen-bond donors (Lipinski definition) is 1. The Hall–Kier alpha value is -2.96. The van der Waals surface area contributed by atoms with E-state index in [4.69, 9.17) is 23.8 Å². The zero-order chi connectivity index (χ0) is 19.1. The number of amides is 2. The van der Waals surface area contributed by atoms with Crippen molar-refractivity contribution in [3.8, 4) is 0 Å². The van der Waals surface area contributed by atoms with Crippen LogP contribution < -0.4 is 10.2 Å². The fraction of sp³-hybridized carbons (Fsp3) is 0.0500. The van der Waals surface area contributed by atoms with Gasteiger partial charge in [-0.3, -0.25) is 19.8 Å². The molecule has 0 radical (unpaired) electrons. The second-order valence-electron chi connectivity index (χ2n) is 6.15. The summed E-state index contributed by atoms with van der Waals surface area (Å²) in [5, 5.41) is 4.14. The molecule has 2 amide bonds. The quantitative estimate of drug-likeness (QED) is 0.409. The lowest BCUT2D eigenvalue weighted by Crippen LogP contribution is -2.54. The van der Waals surface area contributed by atoms with Crippen LogP contribution in [0.1, 0.15) is 5.56 Å². The molecular formula is C20H14ClN3O2S. The maximum atomic E-state index is 13.0. The molecule has 4 rings (SSSR count). The molecule has 0 aliphatic carbocycles. The van der Waals surface area contributed by atoms with Crippen molar-refractivity contribution in [2.45, 2.75) is 0 Å². The number of nitrogens with zero attached hydrogens (tertiary/aromatic N) is 2. The largest absolute Gasteiger partial charge is 0.350 e. The van der Waals surface area contributed by atoms with Crippen LogP contribution in [0.2, 0.25) is 5.02 Å². The molecule has 3 aromatic rings. The predicted octanol–water partition coefficient (Wildman–Crippen LogP) is 3.66. The van der Waals surface area contributed by atoms with Crippen LogP contribution in [0.25, 0.3) is 17.0 Å². The minimum absolute atomic E-state index is 0.0231. The van der Waals surface area contributed by atoms with Gasteiger partial charge in [-0.2, -0.15) is 0 Å². The van der Waals surface area contributed by atoms with Gasteiger partial charge in [0.1, 0.15) is 5.57 Å². The Bertz CT molecular complexity index is 1130. The number of hydrogen-bond acceptors (Lipinski definition) is 3. The molecule has 0 spiro atoms. The van der Waals surface area contributed by atoms with Crippen molar-refractivity contribution in [2.75, 3.05) is 4.90 Å². The van der Waals surface area contributed by atoms with Gasteiger partial charge >= 0.3 is 0 Å². The van der Waals surface area contributed by atoms with Crippen LogP contribution in [-0.4, -0.2) is 21.5 Å². The second kappa shape index (κ2) is 6.64. The van der Waals surface area contributed by atoms with Gasteiger partial charge in [0.05, 0.1) is 5.69 Å². The van der Waals surface area contributed by atoms with Crippen molar-refractivity contribution in [3.05, 3.63) is 70.9 Å². The zero-order valence-electron chi connectivity index (χ0n) is 14.3. The molecule has 0 saturated carbocycles. The fourth-order valence-electron chi connectivity index (χ4n) is 3.13. The molecule has 1 saturated heterocycles. The van der Waals surface area contributed by atoms with Crippen molar-refractivity contribution in [2.24, 2.45) is 7.05 Å². The highest BCUT2D eigenvalue weighted by Crippen LogP contribution is 2.26. The average Bonchev–Trinajstić information content (AvgIpc) is 2.96. The van der Waals surface area contributed by atoms with Gasteiger partial charge in [-0.25, -0.2) is 0 Å². The van der Waals surface area contributed by atoms with Crippen molar-refractivity contribution in [1.29, 1.82) is 0 Å². The number of fused-ring (bicyclic) bond motifs is 1. The topological polar surface area (TPSA) is 54.3 Å². The molecule has 5 nitrogen and oxygen atoms in total. The molecule has 1 aliphatic heterocycles. The van der Waals surface area contributed by atoms with Crippen LogP contribution in [0, 0.1) is 0 Å². The SMILES string of the molecule is Cn1cc(C=C2C(=O)NC(=S)N(c3ccc(Cl)cc3)C2=O)c2ccccc21. The van der Waals surface area contributed by atoms with Gasteiger partial charge in [0, 0.05) is 34.7 Å². The maximum absolute atomic E-state index is 13.0. The van der Waals surface area contributed by atoms with Crippen molar-refractivity contribution < 1.29 is 9.59 Å². The molecule has 7 heteroatoms. The van der Waals surface area contributed by atoms with Crippen molar-refractivity contribution in [3.63, 3.8) is 0 Å². The lowest BCUT2D eigenvalue weighted by molar-refractivity contribution is -0.122. The summed E-state index contributed by atoms with van der Waals surface area (Å²) >= 11 is 11.1. The molecule has 134 valence electrons. The maximum Gasteiger partial charge on any atom is 0.270 e. The number of carbonyl (C=O) groups is 2. The Morgan fingerprint density at radius 3 is 2.52 bits per heavy atom. The number of nitrogens with one attached hydrogen (secondary N) is 1. The first-order valence-electron chi connectivity index (χ1n) is 8.17. The van der Waals surface area contributed by atoms with Crippen LogP contribution in [0.4, 0.5) is 5.69 Å². The lowest BCUT2D eigenvalue weighted by Gasteiger charge is -2.28. The monoisotopic (exact) mass is 395 g/mol. The molecule has 1 N–H and O–H groups in total. The highest BCUT2D eigenvalue weighted by atomic mass is 35.5. The van der Waals surface area contributed by atoms with Crippen LogP contribution in [0.3, 0.4) is 0 Å². The van der Waals surface area contributed by atoms with Crippen molar-refractivity contribution >= 4 is 63.4 Å². The van der Waals surface area contributed by atoms with E-state index in [1.54, 1.807) is 30.3 Å². The van der Waals surface area contributed by atoms with Gasteiger partial charge in [-0.05, 0) is 48.6 Å². The number of para-hydroxylation sites is 1. The van der Waals surface area contributed by atoms with E-state index in [2.05, 4.69) is 5.32 Å². The van der Waals surface area contributed by atoms with Gasteiger partial charge < -0.3 is 4.57 Å². The molecule has 2 aromatic carbocycles. The van der Waals surface area contributed by atoms with E-state index in [0.29, 0.717) is 10.7 Å². The summed E-state index contributed by atoms with van der Waals surface area (Å²) in [6.07, 6.45) is 3.49. The highest BCUT2D eigenvalue weighted by Gasteiger charge is 2.34. The molecule has 1 fully saturated rings. The van der Waals surface area contributed by atoms with E-state index in [-0.39, 0.29) is 10.7 Å². The smallest absolute Gasteiger partial charge is 0.270 e. The van der Waals surface area contributed by atoms with E-state index in [1.807, 2.05) is 42.1 Å². The predicted molar refractivity (Wildman–Crippen MR) is 111 cm³/mol. The summed E-state index contributed by atoms with van der Waals surface area (Å²) in [5.41, 5.74) is 2.36. The molecule has 1 aliphatic rings. The number of thiocarbonyl (C=S) groups is 1. The Labute approximate surface area is 165 Å². The molecule has 2 heterocycles.